The van der Waals surface area contributed by atoms with Gasteiger partial charge in [-0.3, -0.25) is 14.6 Å². The topological polar surface area (TPSA) is 49.6 Å². The minimum absolute atomic E-state index is 0. The smallest absolute Gasteiger partial charge is 0.231 e. The SMILES string of the molecule is Cl.NC(=O)CN1CCN(C2CCC2)CC1. The van der Waals surface area contributed by atoms with Crippen molar-refractivity contribution in [3.63, 3.8) is 0 Å². The van der Waals surface area contributed by atoms with Gasteiger partial charge in [0, 0.05) is 32.2 Å². The summed E-state index contributed by atoms with van der Waals surface area (Å²) in [7, 11) is 0. The molecule has 1 saturated heterocycles. The molecule has 0 aromatic carbocycles. The minimum atomic E-state index is -0.206. The highest BCUT2D eigenvalue weighted by molar-refractivity contribution is 5.85. The predicted octanol–water partition coefficient (Wildman–Crippen LogP) is 0.0636. The second-order valence-electron chi connectivity index (χ2n) is 4.36. The van der Waals surface area contributed by atoms with E-state index in [1.165, 1.54) is 19.3 Å². The van der Waals surface area contributed by atoms with E-state index in [0.29, 0.717) is 6.54 Å². The average molecular weight is 234 g/mol. The summed E-state index contributed by atoms with van der Waals surface area (Å²) in [5.41, 5.74) is 5.16. The highest BCUT2D eigenvalue weighted by Crippen LogP contribution is 2.25. The van der Waals surface area contributed by atoms with Crippen LogP contribution in [0.5, 0.6) is 0 Å². The zero-order chi connectivity index (χ0) is 9.97. The van der Waals surface area contributed by atoms with E-state index in [1.807, 2.05) is 0 Å². The molecule has 2 fully saturated rings. The molecule has 1 aliphatic heterocycles. The quantitative estimate of drug-likeness (QED) is 0.750. The Morgan fingerprint density at radius 3 is 2.20 bits per heavy atom. The van der Waals surface area contributed by atoms with Gasteiger partial charge in [0.1, 0.15) is 0 Å². The first-order valence-electron chi connectivity index (χ1n) is 5.50. The van der Waals surface area contributed by atoms with Gasteiger partial charge >= 0.3 is 0 Å². The number of halogens is 1. The van der Waals surface area contributed by atoms with Crippen molar-refractivity contribution >= 4 is 18.3 Å². The van der Waals surface area contributed by atoms with E-state index >= 15 is 0 Å². The van der Waals surface area contributed by atoms with Crippen molar-refractivity contribution in [1.82, 2.24) is 9.80 Å². The number of hydrogen-bond acceptors (Lipinski definition) is 3. The summed E-state index contributed by atoms with van der Waals surface area (Å²) in [5, 5.41) is 0. The van der Waals surface area contributed by atoms with E-state index in [-0.39, 0.29) is 18.3 Å². The maximum atomic E-state index is 10.7. The Labute approximate surface area is 97.2 Å². The largest absolute Gasteiger partial charge is 0.369 e. The molecule has 0 aromatic heterocycles. The van der Waals surface area contributed by atoms with Gasteiger partial charge in [-0.15, -0.1) is 12.4 Å². The zero-order valence-electron chi connectivity index (χ0n) is 9.02. The van der Waals surface area contributed by atoms with Crippen molar-refractivity contribution in [2.45, 2.75) is 25.3 Å². The molecule has 1 amide bonds. The minimum Gasteiger partial charge on any atom is -0.369 e. The van der Waals surface area contributed by atoms with Crippen LogP contribution in [-0.4, -0.2) is 54.5 Å². The monoisotopic (exact) mass is 233 g/mol. The fourth-order valence-corrected chi connectivity index (χ4v) is 2.26. The van der Waals surface area contributed by atoms with E-state index in [9.17, 15) is 4.79 Å². The van der Waals surface area contributed by atoms with Gasteiger partial charge in [0.25, 0.3) is 0 Å². The van der Waals surface area contributed by atoms with Gasteiger partial charge in [0.2, 0.25) is 5.91 Å². The molecule has 1 heterocycles. The average Bonchev–Trinajstić information content (AvgIpc) is 2.04. The van der Waals surface area contributed by atoms with Crippen molar-refractivity contribution in [1.29, 1.82) is 0 Å². The Bertz CT molecular complexity index is 213. The number of piperazine rings is 1. The second-order valence-corrected chi connectivity index (χ2v) is 4.36. The molecule has 0 spiro atoms. The van der Waals surface area contributed by atoms with Crippen LogP contribution in [0.2, 0.25) is 0 Å². The molecule has 15 heavy (non-hydrogen) atoms. The van der Waals surface area contributed by atoms with Crippen LogP contribution < -0.4 is 5.73 Å². The maximum absolute atomic E-state index is 10.7. The Hall–Kier alpha value is -0.320. The summed E-state index contributed by atoms with van der Waals surface area (Å²) in [5.74, 6) is -0.206. The van der Waals surface area contributed by atoms with Gasteiger partial charge in [-0.1, -0.05) is 6.42 Å². The predicted molar refractivity (Wildman–Crippen MR) is 62.1 cm³/mol. The van der Waals surface area contributed by atoms with E-state index in [1.54, 1.807) is 0 Å². The fourth-order valence-electron chi connectivity index (χ4n) is 2.26. The normalized spacial score (nSPS) is 24.3. The molecule has 2 N–H and O–H groups in total. The van der Waals surface area contributed by atoms with Crippen LogP contribution in [-0.2, 0) is 4.79 Å². The molecule has 88 valence electrons. The Kier molecular flexibility index (Phi) is 4.83. The number of rotatable bonds is 3. The van der Waals surface area contributed by atoms with Crippen molar-refractivity contribution in [3.05, 3.63) is 0 Å². The molecule has 0 aromatic rings. The molecular weight excluding hydrogens is 214 g/mol. The highest BCUT2D eigenvalue weighted by Gasteiger charge is 2.27. The third kappa shape index (κ3) is 3.33. The molecule has 0 atom stereocenters. The van der Waals surface area contributed by atoms with E-state index in [0.717, 1.165) is 32.2 Å². The third-order valence-corrected chi connectivity index (χ3v) is 3.38. The van der Waals surface area contributed by atoms with Crippen LogP contribution in [0.25, 0.3) is 0 Å². The third-order valence-electron chi connectivity index (χ3n) is 3.38. The molecule has 5 heteroatoms. The van der Waals surface area contributed by atoms with Crippen LogP contribution in [0.3, 0.4) is 0 Å². The first kappa shape index (κ1) is 12.7. The second kappa shape index (κ2) is 5.68. The molecule has 0 unspecified atom stereocenters. The van der Waals surface area contributed by atoms with Crippen LogP contribution in [0.4, 0.5) is 0 Å². The van der Waals surface area contributed by atoms with E-state index < -0.39 is 0 Å². The summed E-state index contributed by atoms with van der Waals surface area (Å²) in [6, 6.07) is 0.839. The van der Waals surface area contributed by atoms with E-state index in [4.69, 9.17) is 5.73 Å². The van der Waals surface area contributed by atoms with Gasteiger partial charge in [-0.25, -0.2) is 0 Å². The van der Waals surface area contributed by atoms with Gasteiger partial charge in [-0.2, -0.15) is 0 Å². The molecule has 1 saturated carbocycles. The van der Waals surface area contributed by atoms with E-state index in [2.05, 4.69) is 9.80 Å². The van der Waals surface area contributed by atoms with Crippen LogP contribution in [0.15, 0.2) is 0 Å². The zero-order valence-corrected chi connectivity index (χ0v) is 9.84. The Balaban J connectivity index is 0.00000112. The number of carbonyl (C=O) groups excluding carboxylic acids is 1. The van der Waals surface area contributed by atoms with Crippen LogP contribution in [0, 0.1) is 0 Å². The molecule has 0 radical (unpaired) electrons. The maximum Gasteiger partial charge on any atom is 0.231 e. The van der Waals surface area contributed by atoms with Crippen LogP contribution in [0.1, 0.15) is 19.3 Å². The Morgan fingerprint density at radius 2 is 1.80 bits per heavy atom. The number of primary amides is 1. The fraction of sp³-hybridized carbons (Fsp3) is 0.900. The number of amides is 1. The molecule has 1 aliphatic carbocycles. The van der Waals surface area contributed by atoms with Crippen molar-refractivity contribution < 1.29 is 4.79 Å². The van der Waals surface area contributed by atoms with Gasteiger partial charge in [-0.05, 0) is 12.8 Å². The number of carbonyl (C=O) groups is 1. The number of nitrogens with zero attached hydrogens (tertiary/aromatic N) is 2. The summed E-state index contributed by atoms with van der Waals surface area (Å²) < 4.78 is 0. The lowest BCUT2D eigenvalue weighted by Crippen LogP contribution is -2.53. The summed E-state index contributed by atoms with van der Waals surface area (Å²) >= 11 is 0. The first-order valence-corrected chi connectivity index (χ1v) is 5.50. The lowest BCUT2D eigenvalue weighted by atomic mass is 9.91. The number of hydrogen-bond donors (Lipinski definition) is 1. The van der Waals surface area contributed by atoms with Crippen molar-refractivity contribution in [2.24, 2.45) is 5.73 Å². The summed E-state index contributed by atoms with van der Waals surface area (Å²) in [6.45, 7) is 4.65. The molecular formula is C10H20ClN3O. The summed E-state index contributed by atoms with van der Waals surface area (Å²) in [4.78, 5) is 15.4. The summed E-state index contributed by atoms with van der Waals surface area (Å²) in [6.07, 6.45) is 4.14. The number of nitrogens with two attached hydrogens (primary N) is 1. The lowest BCUT2D eigenvalue weighted by Gasteiger charge is -2.42. The standard InChI is InChI=1S/C10H19N3O.ClH/c11-10(14)8-12-4-6-13(7-5-12)9-2-1-3-9;/h9H,1-8H2,(H2,11,14);1H. The van der Waals surface area contributed by atoms with Crippen LogP contribution >= 0.6 is 12.4 Å². The lowest BCUT2D eigenvalue weighted by molar-refractivity contribution is -0.119. The van der Waals surface area contributed by atoms with Crippen molar-refractivity contribution in [3.8, 4) is 0 Å². The van der Waals surface area contributed by atoms with Gasteiger partial charge in [0.15, 0.2) is 0 Å². The Morgan fingerprint density at radius 1 is 1.20 bits per heavy atom. The molecule has 4 nitrogen and oxygen atoms in total. The first-order chi connectivity index (χ1) is 6.75. The highest BCUT2D eigenvalue weighted by atomic mass is 35.5. The van der Waals surface area contributed by atoms with Gasteiger partial charge < -0.3 is 5.73 Å². The molecule has 2 aliphatic rings. The molecule has 0 bridgehead atoms. The molecule has 2 rings (SSSR count). The van der Waals surface area contributed by atoms with Crippen molar-refractivity contribution in [2.75, 3.05) is 32.7 Å². The van der Waals surface area contributed by atoms with Gasteiger partial charge in [0.05, 0.1) is 6.54 Å².